The quantitative estimate of drug-likeness (QED) is 0.549. The van der Waals surface area contributed by atoms with Gasteiger partial charge in [-0.3, -0.25) is 9.89 Å². The monoisotopic (exact) mass is 352 g/mol. The number of nitrogens with zero attached hydrogens (tertiary/aromatic N) is 2. The molecule has 0 saturated heterocycles. The highest BCUT2D eigenvalue weighted by Crippen LogP contribution is 2.36. The molecular weight excluding hydrogens is 326 g/mol. The number of aryl methyl sites for hydroxylation is 1. The largest absolute Gasteiger partial charge is 0.481 e. The third kappa shape index (κ3) is 2.65. The Morgan fingerprint density at radius 1 is 1.31 bits per heavy atom. The first-order valence-corrected chi connectivity index (χ1v) is 8.42. The van der Waals surface area contributed by atoms with Crippen molar-refractivity contribution in [2.75, 3.05) is 0 Å². The molecule has 26 heavy (non-hydrogen) atoms. The van der Waals surface area contributed by atoms with Crippen molar-refractivity contribution in [2.45, 2.75) is 32.6 Å². The Kier molecular flexibility index (Phi) is 2.81. The van der Waals surface area contributed by atoms with Gasteiger partial charge < -0.3 is 9.67 Å². The van der Waals surface area contributed by atoms with Crippen LogP contribution in [0, 0.1) is 0 Å². The molecule has 2 aromatic carbocycles. The minimum Gasteiger partial charge on any atom is -0.481 e. The van der Waals surface area contributed by atoms with Crippen molar-refractivity contribution >= 4 is 27.8 Å². The van der Waals surface area contributed by atoms with Gasteiger partial charge in [0, 0.05) is 28.6 Å². The Balaban J connectivity index is 2.19. The number of para-hydroxylation sites is 1. The van der Waals surface area contributed by atoms with Gasteiger partial charge in [-0.2, -0.15) is 5.10 Å². The smallest absolute Gasteiger partial charge is 0.303 e. The van der Waals surface area contributed by atoms with E-state index in [0.29, 0.717) is 5.52 Å². The second-order valence-corrected chi connectivity index (χ2v) is 6.55. The Hall–Kier alpha value is -3.08. The van der Waals surface area contributed by atoms with Gasteiger partial charge in [-0.05, 0) is 42.1 Å². The molecule has 0 aliphatic rings. The van der Waals surface area contributed by atoms with Crippen LogP contribution in [0.5, 0.6) is 0 Å². The van der Waals surface area contributed by atoms with Crippen molar-refractivity contribution in [2.24, 2.45) is 0 Å². The summed E-state index contributed by atoms with van der Waals surface area (Å²) in [5, 5.41) is 17.8. The lowest BCUT2D eigenvalue weighted by Gasteiger charge is -2.15. The molecule has 0 fully saturated rings. The molecule has 2 N–H and O–H groups in total. The van der Waals surface area contributed by atoms with E-state index in [-0.39, 0.29) is 36.5 Å². The molecule has 0 bridgehead atoms. The van der Waals surface area contributed by atoms with E-state index >= 15 is 0 Å². The van der Waals surface area contributed by atoms with Crippen LogP contribution in [0.3, 0.4) is 0 Å². The minimum absolute atomic E-state index is 0.0594. The van der Waals surface area contributed by atoms with Crippen LogP contribution in [0.15, 0.2) is 48.5 Å². The molecule has 2 heterocycles. The van der Waals surface area contributed by atoms with Gasteiger partial charge in [-0.15, -0.1) is 0 Å². The second-order valence-electron chi connectivity index (χ2n) is 6.55. The van der Waals surface area contributed by atoms with E-state index in [9.17, 15) is 9.90 Å². The normalized spacial score (nSPS) is 14.3. The van der Waals surface area contributed by atoms with Crippen molar-refractivity contribution in [1.29, 1.82) is 0 Å². The summed E-state index contributed by atoms with van der Waals surface area (Å²) in [4.78, 5) is 11.3. The van der Waals surface area contributed by atoms with E-state index in [0.717, 1.165) is 27.5 Å². The lowest BCUT2D eigenvalue weighted by molar-refractivity contribution is -0.136. The van der Waals surface area contributed by atoms with Gasteiger partial charge in [0.2, 0.25) is 0 Å². The fourth-order valence-electron chi connectivity index (χ4n) is 3.51. The van der Waals surface area contributed by atoms with E-state index in [1.807, 2.05) is 26.0 Å². The van der Waals surface area contributed by atoms with Gasteiger partial charge in [0.15, 0.2) is 0 Å². The molecule has 0 atom stereocenters. The Morgan fingerprint density at radius 2 is 2.08 bits per heavy atom. The molecule has 2 aromatic heterocycles. The number of carbonyl (C=O) groups is 1. The van der Waals surface area contributed by atoms with E-state index in [1.54, 1.807) is 10.8 Å². The average Bonchev–Trinajstić information content (AvgIpc) is 3.30. The molecule has 4 rings (SSSR count). The molecule has 132 valence electrons. The number of aliphatic carboxylic acids is 1. The van der Waals surface area contributed by atoms with Crippen molar-refractivity contribution in [3.05, 3.63) is 59.8 Å². The first-order chi connectivity index (χ1) is 14.6. The maximum atomic E-state index is 11.3. The lowest BCUT2D eigenvalue weighted by atomic mass is 9.99. The summed E-state index contributed by atoms with van der Waals surface area (Å²) in [6, 6.07) is 1.85. The SMILES string of the molecule is [2H]c1c([2H])c([2H])c(-n2c(C(C)C)c(CCC(=O)O)c3cc4[nH]ncc4cc32)c([2H])c1[2H]. The zero-order valence-corrected chi connectivity index (χ0v) is 14.5. The molecular formula is C21H21N3O2. The van der Waals surface area contributed by atoms with Gasteiger partial charge in [0.1, 0.15) is 0 Å². The predicted octanol–water partition coefficient (Wildman–Crippen LogP) is 4.65. The van der Waals surface area contributed by atoms with E-state index < -0.39 is 24.1 Å². The fourth-order valence-corrected chi connectivity index (χ4v) is 3.51. The number of nitrogens with one attached hydrogen (secondary N) is 1. The first kappa shape index (κ1) is 11.5. The number of benzene rings is 2. The maximum Gasteiger partial charge on any atom is 0.303 e. The summed E-state index contributed by atoms with van der Waals surface area (Å²) in [6.07, 6.45) is 1.82. The molecule has 0 aliphatic carbocycles. The molecule has 0 radical (unpaired) electrons. The molecule has 0 aliphatic heterocycles. The van der Waals surface area contributed by atoms with Crippen LogP contribution in [0.25, 0.3) is 27.5 Å². The highest BCUT2D eigenvalue weighted by molar-refractivity contribution is 5.98. The summed E-state index contributed by atoms with van der Waals surface area (Å²) in [7, 11) is 0. The molecule has 5 heteroatoms. The molecule has 0 amide bonds. The van der Waals surface area contributed by atoms with Gasteiger partial charge in [0.25, 0.3) is 0 Å². The Morgan fingerprint density at radius 3 is 2.77 bits per heavy atom. The van der Waals surface area contributed by atoms with E-state index in [4.69, 9.17) is 6.85 Å². The highest BCUT2D eigenvalue weighted by atomic mass is 16.4. The number of carboxylic acid groups (broad SMARTS) is 1. The van der Waals surface area contributed by atoms with Gasteiger partial charge >= 0.3 is 5.97 Å². The minimum atomic E-state index is -0.930. The van der Waals surface area contributed by atoms with Crippen LogP contribution in [0.2, 0.25) is 0 Å². The third-order valence-corrected chi connectivity index (χ3v) is 4.52. The van der Waals surface area contributed by atoms with Crippen LogP contribution in [0.1, 0.15) is 44.3 Å². The van der Waals surface area contributed by atoms with E-state index in [2.05, 4.69) is 10.2 Å². The summed E-state index contributed by atoms with van der Waals surface area (Å²) in [5.41, 5.74) is 3.00. The summed E-state index contributed by atoms with van der Waals surface area (Å²) >= 11 is 0. The maximum absolute atomic E-state index is 11.3. The standard InChI is InChI=1S/C21H21N3O2/c1-13(2)21-16(8-9-20(25)26)17-11-18-14(12-22-23-18)10-19(17)24(21)15-6-4-3-5-7-15/h3-7,10-13H,8-9H2,1-2H3,(H,22,23)(H,25,26)/i3D,4D,5D,6D,7D. The second kappa shape index (κ2) is 6.33. The van der Waals surface area contributed by atoms with Gasteiger partial charge in [-0.1, -0.05) is 32.0 Å². The topological polar surface area (TPSA) is 70.9 Å². The van der Waals surface area contributed by atoms with Gasteiger partial charge in [-0.25, -0.2) is 0 Å². The van der Waals surface area contributed by atoms with Crippen LogP contribution in [0.4, 0.5) is 0 Å². The van der Waals surface area contributed by atoms with Crippen LogP contribution >= 0.6 is 0 Å². The van der Waals surface area contributed by atoms with E-state index in [1.165, 1.54) is 0 Å². The fraction of sp³-hybridized carbons (Fsp3) is 0.238. The molecule has 4 aromatic rings. The molecule has 5 nitrogen and oxygen atoms in total. The summed E-state index contributed by atoms with van der Waals surface area (Å²) in [5.74, 6) is -1.02. The van der Waals surface area contributed by atoms with Gasteiger partial charge in [0.05, 0.1) is 24.1 Å². The zero-order valence-electron chi connectivity index (χ0n) is 19.5. The van der Waals surface area contributed by atoms with Crippen molar-refractivity contribution in [1.82, 2.24) is 14.8 Å². The Labute approximate surface area is 158 Å². The van der Waals surface area contributed by atoms with Crippen molar-refractivity contribution in [3.63, 3.8) is 0 Å². The number of fused-ring (bicyclic) bond motifs is 2. The first-order valence-electron chi connectivity index (χ1n) is 10.9. The number of aromatic amines is 1. The number of hydrogen-bond acceptors (Lipinski definition) is 2. The number of hydrogen-bond donors (Lipinski definition) is 2. The third-order valence-electron chi connectivity index (χ3n) is 4.52. The van der Waals surface area contributed by atoms with Crippen LogP contribution < -0.4 is 0 Å². The Bertz CT molecular complexity index is 1330. The molecule has 0 saturated carbocycles. The van der Waals surface area contributed by atoms with Crippen LogP contribution in [-0.4, -0.2) is 25.8 Å². The number of rotatable bonds is 5. The molecule has 0 spiro atoms. The summed E-state index contributed by atoms with van der Waals surface area (Å²) in [6.45, 7) is 3.88. The number of aromatic nitrogens is 3. The number of carboxylic acids is 1. The van der Waals surface area contributed by atoms with Crippen molar-refractivity contribution in [3.8, 4) is 5.69 Å². The zero-order chi connectivity index (χ0) is 22.6. The van der Waals surface area contributed by atoms with Crippen LogP contribution in [-0.2, 0) is 11.2 Å². The average molecular weight is 352 g/mol. The number of H-pyrrole nitrogens is 1. The van der Waals surface area contributed by atoms with Crippen molar-refractivity contribution < 1.29 is 16.8 Å². The summed E-state index contributed by atoms with van der Waals surface area (Å²) < 4.78 is 42.8. The lowest BCUT2D eigenvalue weighted by Crippen LogP contribution is -2.05. The molecule has 0 unspecified atom stereocenters. The predicted molar refractivity (Wildman–Crippen MR) is 103 cm³/mol. The highest BCUT2D eigenvalue weighted by Gasteiger charge is 2.21.